The van der Waals surface area contributed by atoms with E-state index in [4.69, 9.17) is 4.98 Å². The number of halogens is 2. The molecule has 0 bridgehead atoms. The first-order valence-corrected chi connectivity index (χ1v) is 10.1. The monoisotopic (exact) mass is 394 g/mol. The van der Waals surface area contributed by atoms with Crippen LogP contribution in [-0.2, 0) is 6.54 Å². The Morgan fingerprint density at radius 2 is 1.66 bits per heavy atom. The summed E-state index contributed by atoms with van der Waals surface area (Å²) in [5.74, 6) is -0.467. The molecule has 1 heterocycles. The van der Waals surface area contributed by atoms with Crippen LogP contribution in [0.1, 0.15) is 37.7 Å². The van der Waals surface area contributed by atoms with Gasteiger partial charge in [-0.2, -0.15) is 4.98 Å². The van der Waals surface area contributed by atoms with E-state index in [0.717, 1.165) is 30.2 Å². The van der Waals surface area contributed by atoms with Crippen LogP contribution in [0.25, 0.3) is 11.3 Å². The predicted molar refractivity (Wildman–Crippen MR) is 112 cm³/mol. The van der Waals surface area contributed by atoms with Gasteiger partial charge in [0.05, 0.1) is 5.69 Å². The van der Waals surface area contributed by atoms with Crippen LogP contribution in [0.2, 0.25) is 0 Å². The molecule has 1 aromatic heterocycles. The summed E-state index contributed by atoms with van der Waals surface area (Å²) in [6.45, 7) is 0.339. The summed E-state index contributed by atoms with van der Waals surface area (Å²) in [4.78, 5) is 9.31. The molecule has 0 unspecified atom stereocenters. The van der Waals surface area contributed by atoms with Crippen LogP contribution in [-0.4, -0.2) is 16.0 Å². The Morgan fingerprint density at radius 3 is 2.41 bits per heavy atom. The smallest absolute Gasteiger partial charge is 0.225 e. The van der Waals surface area contributed by atoms with Gasteiger partial charge in [-0.15, -0.1) is 0 Å². The maximum atomic E-state index is 13.5. The van der Waals surface area contributed by atoms with E-state index in [1.165, 1.54) is 25.3 Å². The van der Waals surface area contributed by atoms with Crippen molar-refractivity contribution in [3.63, 3.8) is 0 Å². The quantitative estimate of drug-likeness (QED) is 0.557. The number of benzene rings is 2. The minimum absolute atomic E-state index is 0.339. The van der Waals surface area contributed by atoms with Crippen LogP contribution in [0.5, 0.6) is 0 Å². The van der Waals surface area contributed by atoms with Gasteiger partial charge < -0.3 is 10.6 Å². The van der Waals surface area contributed by atoms with E-state index in [0.29, 0.717) is 29.9 Å². The van der Waals surface area contributed by atoms with Gasteiger partial charge in [-0.3, -0.25) is 0 Å². The van der Waals surface area contributed by atoms with E-state index >= 15 is 0 Å². The lowest BCUT2D eigenvalue weighted by atomic mass is 9.96. The number of aromatic nitrogens is 2. The molecule has 0 spiro atoms. The molecule has 6 heteroatoms. The molecule has 0 atom stereocenters. The van der Waals surface area contributed by atoms with Crippen LogP contribution in [0.15, 0.2) is 54.6 Å². The van der Waals surface area contributed by atoms with Crippen molar-refractivity contribution in [3.8, 4) is 11.3 Å². The Kier molecular flexibility index (Phi) is 5.98. The fourth-order valence-corrected chi connectivity index (χ4v) is 3.63. The highest BCUT2D eigenvalue weighted by Crippen LogP contribution is 2.25. The number of nitrogens with one attached hydrogen (secondary N) is 2. The number of hydrogen-bond donors (Lipinski definition) is 2. The van der Waals surface area contributed by atoms with Crippen molar-refractivity contribution in [2.45, 2.75) is 44.7 Å². The highest BCUT2D eigenvalue weighted by molar-refractivity contribution is 5.64. The summed E-state index contributed by atoms with van der Waals surface area (Å²) < 4.78 is 26.6. The summed E-state index contributed by atoms with van der Waals surface area (Å²) in [6.07, 6.45) is 5.96. The molecule has 0 radical (unpaired) electrons. The van der Waals surface area contributed by atoms with E-state index in [1.54, 1.807) is 6.07 Å². The molecule has 0 aliphatic heterocycles. The highest BCUT2D eigenvalue weighted by Gasteiger charge is 2.15. The first-order valence-electron chi connectivity index (χ1n) is 10.1. The molecule has 1 saturated carbocycles. The molecule has 1 fully saturated rings. The van der Waals surface area contributed by atoms with Crippen LogP contribution in [0.4, 0.5) is 20.5 Å². The Bertz CT molecular complexity index is 956. The number of anilines is 2. The van der Waals surface area contributed by atoms with Gasteiger partial charge in [0.2, 0.25) is 5.95 Å². The molecular weight excluding hydrogens is 370 g/mol. The molecule has 0 saturated heterocycles. The second kappa shape index (κ2) is 8.99. The van der Waals surface area contributed by atoms with Gasteiger partial charge in [0.25, 0.3) is 0 Å². The Balaban J connectivity index is 1.57. The molecule has 3 aromatic rings. The van der Waals surface area contributed by atoms with Gasteiger partial charge in [-0.25, -0.2) is 13.8 Å². The molecule has 0 amide bonds. The summed E-state index contributed by atoms with van der Waals surface area (Å²) in [7, 11) is 0. The third-order valence-corrected chi connectivity index (χ3v) is 5.19. The van der Waals surface area contributed by atoms with Gasteiger partial charge in [-0.1, -0.05) is 55.7 Å². The lowest BCUT2D eigenvalue weighted by Gasteiger charge is -2.23. The standard InChI is InChI=1S/C23H24F2N4/c24-19-12-11-16(13-20(19)25)15-26-22-14-21(17-7-3-1-4-8-17)28-23(29-22)27-18-9-5-2-6-10-18/h1,3-4,7-8,11-14,18H,2,5-6,9-10,15H2,(H2,26,27,28,29). The van der Waals surface area contributed by atoms with E-state index < -0.39 is 11.6 Å². The molecule has 2 aromatic carbocycles. The Labute approximate surface area is 169 Å². The maximum absolute atomic E-state index is 13.5. The van der Waals surface area contributed by atoms with Gasteiger partial charge in [-0.05, 0) is 30.5 Å². The van der Waals surface area contributed by atoms with E-state index in [2.05, 4.69) is 15.6 Å². The topological polar surface area (TPSA) is 49.8 Å². The number of hydrogen-bond acceptors (Lipinski definition) is 4. The van der Waals surface area contributed by atoms with Gasteiger partial charge in [0, 0.05) is 24.2 Å². The van der Waals surface area contributed by atoms with E-state index in [-0.39, 0.29) is 0 Å². The normalized spacial score (nSPS) is 14.6. The lowest BCUT2D eigenvalue weighted by Crippen LogP contribution is -2.23. The van der Waals surface area contributed by atoms with Gasteiger partial charge in [0.1, 0.15) is 5.82 Å². The minimum Gasteiger partial charge on any atom is -0.366 e. The van der Waals surface area contributed by atoms with Gasteiger partial charge >= 0.3 is 0 Å². The molecule has 150 valence electrons. The van der Waals surface area contributed by atoms with Crippen LogP contribution < -0.4 is 10.6 Å². The largest absolute Gasteiger partial charge is 0.366 e. The maximum Gasteiger partial charge on any atom is 0.225 e. The van der Waals surface area contributed by atoms with Gasteiger partial charge in [0.15, 0.2) is 11.6 Å². The summed E-state index contributed by atoms with van der Waals surface area (Å²) in [6, 6.07) is 16.1. The zero-order valence-electron chi connectivity index (χ0n) is 16.2. The summed E-state index contributed by atoms with van der Waals surface area (Å²) >= 11 is 0. The fraction of sp³-hybridized carbons (Fsp3) is 0.304. The molecular formula is C23H24F2N4. The molecule has 4 nitrogen and oxygen atoms in total. The third-order valence-electron chi connectivity index (χ3n) is 5.19. The summed E-state index contributed by atoms with van der Waals surface area (Å²) in [5.41, 5.74) is 2.45. The van der Waals surface area contributed by atoms with E-state index in [1.807, 2.05) is 36.4 Å². The average Bonchev–Trinajstić information content (AvgIpc) is 2.76. The molecule has 29 heavy (non-hydrogen) atoms. The van der Waals surface area contributed by atoms with Crippen LogP contribution in [0, 0.1) is 11.6 Å². The summed E-state index contributed by atoms with van der Waals surface area (Å²) in [5, 5.41) is 6.69. The van der Waals surface area contributed by atoms with Crippen molar-refractivity contribution in [3.05, 3.63) is 71.8 Å². The van der Waals surface area contributed by atoms with Crippen molar-refractivity contribution in [2.75, 3.05) is 10.6 Å². The van der Waals surface area contributed by atoms with E-state index in [9.17, 15) is 8.78 Å². The third kappa shape index (κ3) is 5.08. The number of rotatable bonds is 6. The second-order valence-electron chi connectivity index (χ2n) is 7.41. The van der Waals surface area contributed by atoms with Crippen molar-refractivity contribution in [1.29, 1.82) is 0 Å². The SMILES string of the molecule is Fc1ccc(CNc2cc(-c3ccccc3)nc(NC3CCCCC3)n2)cc1F. The Hall–Kier alpha value is -3.02. The van der Waals surface area contributed by atoms with Crippen LogP contribution in [0.3, 0.4) is 0 Å². The zero-order valence-corrected chi connectivity index (χ0v) is 16.2. The average molecular weight is 394 g/mol. The van der Waals surface area contributed by atoms with Crippen LogP contribution >= 0.6 is 0 Å². The van der Waals surface area contributed by atoms with Crippen molar-refractivity contribution < 1.29 is 8.78 Å². The molecule has 1 aliphatic rings. The molecule has 2 N–H and O–H groups in total. The first-order chi connectivity index (χ1) is 14.2. The second-order valence-corrected chi connectivity index (χ2v) is 7.41. The first kappa shape index (κ1) is 19.3. The lowest BCUT2D eigenvalue weighted by molar-refractivity contribution is 0.461. The Morgan fingerprint density at radius 1 is 0.862 bits per heavy atom. The molecule has 4 rings (SSSR count). The van der Waals surface area contributed by atoms with Crippen molar-refractivity contribution >= 4 is 11.8 Å². The predicted octanol–water partition coefficient (Wildman–Crippen LogP) is 5.78. The van der Waals surface area contributed by atoms with Crippen molar-refractivity contribution in [2.24, 2.45) is 0 Å². The van der Waals surface area contributed by atoms with Crippen molar-refractivity contribution in [1.82, 2.24) is 9.97 Å². The zero-order chi connectivity index (χ0) is 20.1. The minimum atomic E-state index is -0.850. The number of nitrogens with zero attached hydrogens (tertiary/aromatic N) is 2. The fourth-order valence-electron chi connectivity index (χ4n) is 3.63. The highest BCUT2D eigenvalue weighted by atomic mass is 19.2. The molecule has 1 aliphatic carbocycles.